The van der Waals surface area contributed by atoms with Crippen molar-refractivity contribution in [2.45, 2.75) is 47.6 Å². The second kappa shape index (κ2) is 12.0. The highest BCUT2D eigenvalue weighted by atomic mass is 127. The Morgan fingerprint density at radius 3 is 2.52 bits per heavy atom. The number of halogens is 1. The number of nitrogens with zero attached hydrogens (tertiary/aromatic N) is 3. The Bertz CT molecular complexity index is 809. The van der Waals surface area contributed by atoms with E-state index in [-0.39, 0.29) is 35.3 Å². The molecule has 0 saturated heterocycles. The SMILES string of the molecule is CCNC(=NCCCn1c(C)nc2ccccc21)NCCNC(=O)C(C)(C)C.I. The summed E-state index contributed by atoms with van der Waals surface area (Å²) in [4.78, 5) is 21.1. The first-order chi connectivity index (χ1) is 13.3. The number of carbonyl (C=O) groups is 1. The van der Waals surface area contributed by atoms with Gasteiger partial charge in [-0.1, -0.05) is 32.9 Å². The van der Waals surface area contributed by atoms with E-state index in [1.54, 1.807) is 0 Å². The molecule has 0 bridgehead atoms. The highest BCUT2D eigenvalue weighted by molar-refractivity contribution is 14.0. The fourth-order valence-corrected chi connectivity index (χ4v) is 2.86. The lowest BCUT2D eigenvalue weighted by Crippen LogP contribution is -2.43. The van der Waals surface area contributed by atoms with Gasteiger partial charge in [0.2, 0.25) is 5.91 Å². The van der Waals surface area contributed by atoms with E-state index in [1.165, 1.54) is 5.52 Å². The molecule has 7 nitrogen and oxygen atoms in total. The lowest BCUT2D eigenvalue weighted by molar-refractivity contribution is -0.128. The van der Waals surface area contributed by atoms with Gasteiger partial charge in [-0.3, -0.25) is 9.79 Å². The van der Waals surface area contributed by atoms with E-state index in [4.69, 9.17) is 0 Å². The van der Waals surface area contributed by atoms with Gasteiger partial charge in [0.15, 0.2) is 5.96 Å². The van der Waals surface area contributed by atoms with Crippen LogP contribution in [0.4, 0.5) is 0 Å². The van der Waals surface area contributed by atoms with Crippen molar-refractivity contribution in [2.24, 2.45) is 10.4 Å². The molecule has 0 unspecified atom stereocenters. The lowest BCUT2D eigenvalue weighted by atomic mass is 9.96. The number of hydrogen-bond donors (Lipinski definition) is 3. The molecule has 0 radical (unpaired) electrons. The molecule has 0 aliphatic rings. The van der Waals surface area contributed by atoms with Gasteiger partial charge in [-0.15, -0.1) is 24.0 Å². The largest absolute Gasteiger partial charge is 0.357 e. The third kappa shape index (κ3) is 7.83. The van der Waals surface area contributed by atoms with Crippen molar-refractivity contribution in [1.29, 1.82) is 0 Å². The Kier molecular flexibility index (Phi) is 10.4. The van der Waals surface area contributed by atoms with Crippen LogP contribution in [-0.2, 0) is 11.3 Å². The highest BCUT2D eigenvalue weighted by Gasteiger charge is 2.20. The second-order valence-electron chi connectivity index (χ2n) is 7.85. The Morgan fingerprint density at radius 1 is 1.14 bits per heavy atom. The Balaban J connectivity index is 0.00000420. The summed E-state index contributed by atoms with van der Waals surface area (Å²) in [5.41, 5.74) is 1.84. The molecule has 8 heteroatoms. The summed E-state index contributed by atoms with van der Waals surface area (Å²) < 4.78 is 2.24. The van der Waals surface area contributed by atoms with Gasteiger partial charge >= 0.3 is 0 Å². The number of imidazole rings is 1. The summed E-state index contributed by atoms with van der Waals surface area (Å²) >= 11 is 0. The van der Waals surface area contributed by atoms with Crippen LogP contribution >= 0.6 is 24.0 Å². The van der Waals surface area contributed by atoms with Gasteiger partial charge in [0.1, 0.15) is 5.82 Å². The van der Waals surface area contributed by atoms with Crippen molar-refractivity contribution >= 4 is 46.9 Å². The van der Waals surface area contributed by atoms with Crippen LogP contribution in [0, 0.1) is 12.3 Å². The minimum atomic E-state index is -0.367. The average molecular weight is 514 g/mol. The van der Waals surface area contributed by atoms with Gasteiger partial charge in [0.05, 0.1) is 11.0 Å². The summed E-state index contributed by atoms with van der Waals surface area (Å²) in [7, 11) is 0. The summed E-state index contributed by atoms with van der Waals surface area (Å²) in [6.07, 6.45) is 0.929. The van der Waals surface area contributed by atoms with E-state index in [2.05, 4.69) is 36.6 Å². The number of guanidine groups is 1. The number of nitrogens with one attached hydrogen (secondary N) is 3. The first kappa shape index (κ1) is 25.2. The molecule has 0 saturated carbocycles. The first-order valence-corrected chi connectivity index (χ1v) is 10.0. The maximum atomic E-state index is 11.9. The molecule has 29 heavy (non-hydrogen) atoms. The first-order valence-electron chi connectivity index (χ1n) is 10.0. The fourth-order valence-electron chi connectivity index (χ4n) is 2.86. The summed E-state index contributed by atoms with van der Waals surface area (Å²) in [5.74, 6) is 1.86. The summed E-state index contributed by atoms with van der Waals surface area (Å²) in [6, 6.07) is 8.21. The number of aromatic nitrogens is 2. The van der Waals surface area contributed by atoms with Crippen LogP contribution in [0.5, 0.6) is 0 Å². The smallest absolute Gasteiger partial charge is 0.225 e. The monoisotopic (exact) mass is 514 g/mol. The predicted molar refractivity (Wildman–Crippen MR) is 131 cm³/mol. The van der Waals surface area contributed by atoms with Crippen molar-refractivity contribution in [3.8, 4) is 0 Å². The van der Waals surface area contributed by atoms with Crippen molar-refractivity contribution in [1.82, 2.24) is 25.5 Å². The van der Waals surface area contributed by atoms with Crippen molar-refractivity contribution < 1.29 is 4.79 Å². The van der Waals surface area contributed by atoms with Crippen LogP contribution in [0.15, 0.2) is 29.3 Å². The van der Waals surface area contributed by atoms with Gasteiger partial charge in [-0.25, -0.2) is 4.98 Å². The number of para-hydroxylation sites is 2. The molecule has 0 fully saturated rings. The summed E-state index contributed by atoms with van der Waals surface area (Å²) in [6.45, 7) is 13.4. The third-order valence-electron chi connectivity index (χ3n) is 4.38. The van der Waals surface area contributed by atoms with Crippen LogP contribution in [0.25, 0.3) is 11.0 Å². The average Bonchev–Trinajstić information content (AvgIpc) is 2.96. The molecule has 1 heterocycles. The van der Waals surface area contributed by atoms with Gasteiger partial charge in [-0.05, 0) is 32.4 Å². The number of rotatable bonds is 8. The molecule has 2 aromatic rings. The zero-order chi connectivity index (χ0) is 20.6. The maximum absolute atomic E-state index is 11.9. The molecular formula is C21H35IN6O. The molecule has 162 valence electrons. The molecule has 0 aliphatic heterocycles. The fraction of sp³-hybridized carbons (Fsp3) is 0.571. The number of amides is 1. The quantitative estimate of drug-likeness (QED) is 0.219. The summed E-state index contributed by atoms with van der Waals surface area (Å²) in [5, 5.41) is 9.44. The van der Waals surface area contributed by atoms with Crippen LogP contribution in [0.3, 0.4) is 0 Å². The van der Waals surface area contributed by atoms with E-state index < -0.39 is 0 Å². The van der Waals surface area contributed by atoms with E-state index in [0.29, 0.717) is 13.1 Å². The van der Waals surface area contributed by atoms with Gasteiger partial charge in [0, 0.05) is 38.1 Å². The van der Waals surface area contributed by atoms with E-state index in [9.17, 15) is 4.79 Å². The van der Waals surface area contributed by atoms with Crippen LogP contribution in [0.1, 0.15) is 39.9 Å². The number of aliphatic imine (C=N–C) groups is 1. The number of benzene rings is 1. The third-order valence-corrected chi connectivity index (χ3v) is 4.38. The Morgan fingerprint density at radius 2 is 1.83 bits per heavy atom. The van der Waals surface area contributed by atoms with Crippen molar-refractivity contribution in [3.05, 3.63) is 30.1 Å². The molecule has 1 amide bonds. The molecule has 3 N–H and O–H groups in total. The maximum Gasteiger partial charge on any atom is 0.225 e. The number of fused-ring (bicyclic) bond motifs is 1. The zero-order valence-electron chi connectivity index (χ0n) is 18.2. The lowest BCUT2D eigenvalue weighted by Gasteiger charge is -2.18. The Labute approximate surface area is 191 Å². The van der Waals surface area contributed by atoms with Crippen LogP contribution in [0.2, 0.25) is 0 Å². The van der Waals surface area contributed by atoms with Crippen molar-refractivity contribution in [2.75, 3.05) is 26.2 Å². The minimum Gasteiger partial charge on any atom is -0.357 e. The van der Waals surface area contributed by atoms with E-state index in [0.717, 1.165) is 43.4 Å². The molecule has 0 aliphatic carbocycles. The number of carbonyl (C=O) groups excluding carboxylic acids is 1. The Hall–Kier alpha value is -1.84. The molecule has 0 spiro atoms. The molecular weight excluding hydrogens is 479 g/mol. The predicted octanol–water partition coefficient (Wildman–Crippen LogP) is 3.07. The van der Waals surface area contributed by atoms with Gasteiger partial charge in [0.25, 0.3) is 0 Å². The number of hydrogen-bond acceptors (Lipinski definition) is 3. The van der Waals surface area contributed by atoms with Gasteiger partial charge in [-0.2, -0.15) is 0 Å². The molecule has 1 aromatic carbocycles. The molecule has 1 aromatic heterocycles. The second-order valence-corrected chi connectivity index (χ2v) is 7.85. The van der Waals surface area contributed by atoms with Gasteiger partial charge < -0.3 is 20.5 Å². The van der Waals surface area contributed by atoms with Crippen LogP contribution < -0.4 is 16.0 Å². The van der Waals surface area contributed by atoms with E-state index in [1.807, 2.05) is 52.8 Å². The normalized spacial score (nSPS) is 11.8. The number of aryl methyl sites for hydroxylation is 2. The topological polar surface area (TPSA) is 83.3 Å². The van der Waals surface area contributed by atoms with Crippen molar-refractivity contribution in [3.63, 3.8) is 0 Å². The molecule has 2 rings (SSSR count). The minimum absolute atomic E-state index is 0. The molecule has 0 atom stereocenters. The van der Waals surface area contributed by atoms with Crippen LogP contribution in [-0.4, -0.2) is 47.6 Å². The van der Waals surface area contributed by atoms with E-state index >= 15 is 0 Å². The zero-order valence-corrected chi connectivity index (χ0v) is 20.5. The standard InChI is InChI=1S/C21H34N6O.HI/c1-6-22-20(25-14-13-23-19(28)21(3,4)5)24-12-9-15-27-16(2)26-17-10-7-8-11-18(17)27;/h7-8,10-11H,6,9,12-15H2,1-5H3,(H,23,28)(H2,22,24,25);1H. The highest BCUT2D eigenvalue weighted by Crippen LogP contribution is 2.15.